The molecule has 1 saturated heterocycles. The summed E-state index contributed by atoms with van der Waals surface area (Å²) in [4.78, 5) is 10.4. The zero-order valence-corrected chi connectivity index (χ0v) is 6.61. The highest BCUT2D eigenvalue weighted by atomic mass is 16.8. The maximum atomic E-state index is 10.4. The number of aliphatic hydroxyl groups is 1. The Hall–Kier alpha value is -0.770. The molecule has 0 aromatic rings. The number of aliphatic hydroxyl groups excluding tert-OH is 1. The molecular formula is C7H12O4. The first-order valence-electron chi connectivity index (χ1n) is 3.62. The summed E-state index contributed by atoms with van der Waals surface area (Å²) in [6, 6.07) is 0. The minimum absolute atomic E-state index is 0.0782. The Balaban J connectivity index is 2.43. The van der Waals surface area contributed by atoms with E-state index in [-0.39, 0.29) is 12.5 Å². The Morgan fingerprint density at radius 3 is 2.64 bits per heavy atom. The number of cyclic esters (lactones) is 2. The van der Waals surface area contributed by atoms with E-state index in [2.05, 4.69) is 9.47 Å². The molecule has 4 nitrogen and oxygen atoms in total. The predicted molar refractivity (Wildman–Crippen MR) is 37.1 cm³/mol. The third kappa shape index (κ3) is 1.83. The molecule has 0 radical (unpaired) electrons. The van der Waals surface area contributed by atoms with Crippen molar-refractivity contribution in [1.82, 2.24) is 0 Å². The van der Waals surface area contributed by atoms with Crippen LogP contribution in [0.5, 0.6) is 0 Å². The highest BCUT2D eigenvalue weighted by Crippen LogP contribution is 2.15. The van der Waals surface area contributed by atoms with Gasteiger partial charge in [-0.25, -0.2) is 4.79 Å². The van der Waals surface area contributed by atoms with Gasteiger partial charge in [-0.2, -0.15) is 0 Å². The second-order valence-corrected chi connectivity index (χ2v) is 2.95. The first kappa shape index (κ1) is 8.33. The molecule has 1 fully saturated rings. The molecule has 11 heavy (non-hydrogen) atoms. The number of hydrogen-bond donors (Lipinski definition) is 1. The van der Waals surface area contributed by atoms with E-state index >= 15 is 0 Å². The number of carbonyl (C=O) groups excluding carboxylic acids is 1. The van der Waals surface area contributed by atoms with E-state index in [9.17, 15) is 9.90 Å². The van der Waals surface area contributed by atoms with E-state index in [1.165, 1.54) is 0 Å². The van der Waals surface area contributed by atoms with Gasteiger partial charge in [-0.15, -0.1) is 0 Å². The normalized spacial score (nSPS) is 26.5. The SMILES string of the molecule is CC(C)C(O)C1COC(=O)O1. The lowest BCUT2D eigenvalue weighted by Crippen LogP contribution is -2.32. The monoisotopic (exact) mass is 160 g/mol. The van der Waals surface area contributed by atoms with Gasteiger partial charge in [0.2, 0.25) is 0 Å². The molecule has 2 unspecified atom stereocenters. The van der Waals surface area contributed by atoms with Crippen LogP contribution in [0.3, 0.4) is 0 Å². The summed E-state index contributed by atoms with van der Waals surface area (Å²) in [6.07, 6.45) is -1.79. The number of ether oxygens (including phenoxy) is 2. The first-order valence-corrected chi connectivity index (χ1v) is 3.62. The minimum Gasteiger partial charge on any atom is -0.430 e. The molecule has 0 saturated carbocycles. The lowest BCUT2D eigenvalue weighted by Gasteiger charge is -2.17. The highest BCUT2D eigenvalue weighted by Gasteiger charge is 2.32. The molecule has 0 aromatic heterocycles. The Labute approximate surface area is 65.1 Å². The molecule has 0 bridgehead atoms. The summed E-state index contributed by atoms with van der Waals surface area (Å²) in [5.41, 5.74) is 0. The Morgan fingerprint density at radius 1 is 1.64 bits per heavy atom. The van der Waals surface area contributed by atoms with E-state index in [1.54, 1.807) is 0 Å². The molecule has 64 valence electrons. The molecule has 1 aliphatic rings. The molecule has 0 aliphatic carbocycles. The van der Waals surface area contributed by atoms with Gasteiger partial charge in [-0.1, -0.05) is 13.8 Å². The van der Waals surface area contributed by atoms with E-state index in [1.807, 2.05) is 13.8 Å². The second-order valence-electron chi connectivity index (χ2n) is 2.95. The summed E-state index contributed by atoms with van der Waals surface area (Å²) in [5.74, 6) is 0.0782. The van der Waals surface area contributed by atoms with Gasteiger partial charge in [0.05, 0.1) is 6.10 Å². The lowest BCUT2D eigenvalue weighted by atomic mass is 10.0. The molecule has 0 amide bonds. The summed E-state index contributed by atoms with van der Waals surface area (Å²) in [5, 5.41) is 9.39. The van der Waals surface area contributed by atoms with Crippen LogP contribution in [0, 0.1) is 5.92 Å². The van der Waals surface area contributed by atoms with E-state index in [4.69, 9.17) is 0 Å². The van der Waals surface area contributed by atoms with Crippen molar-refractivity contribution in [3.05, 3.63) is 0 Å². The molecule has 1 rings (SSSR count). The van der Waals surface area contributed by atoms with Crippen LogP contribution in [0.4, 0.5) is 4.79 Å². The topological polar surface area (TPSA) is 55.8 Å². The smallest absolute Gasteiger partial charge is 0.430 e. The van der Waals surface area contributed by atoms with Gasteiger partial charge in [0.15, 0.2) is 6.10 Å². The van der Waals surface area contributed by atoms with Crippen molar-refractivity contribution >= 4 is 6.16 Å². The van der Waals surface area contributed by atoms with Gasteiger partial charge in [-0.3, -0.25) is 0 Å². The summed E-state index contributed by atoms with van der Waals surface area (Å²) < 4.78 is 9.19. The molecule has 1 aliphatic heterocycles. The van der Waals surface area contributed by atoms with Crippen molar-refractivity contribution in [3.8, 4) is 0 Å². The molecule has 0 spiro atoms. The molecular weight excluding hydrogens is 148 g/mol. The third-order valence-electron chi connectivity index (χ3n) is 1.68. The number of rotatable bonds is 2. The Morgan fingerprint density at radius 2 is 2.27 bits per heavy atom. The molecule has 2 atom stereocenters. The van der Waals surface area contributed by atoms with Crippen molar-refractivity contribution in [1.29, 1.82) is 0 Å². The van der Waals surface area contributed by atoms with Crippen LogP contribution in [0.1, 0.15) is 13.8 Å². The standard InChI is InChI=1S/C7H12O4/c1-4(2)6(8)5-3-10-7(9)11-5/h4-6,8H,3H2,1-2H3. The second kappa shape index (κ2) is 3.09. The minimum atomic E-state index is -0.685. The molecule has 1 heterocycles. The molecule has 4 heteroatoms. The van der Waals surface area contributed by atoms with Crippen LogP contribution in [0.2, 0.25) is 0 Å². The third-order valence-corrected chi connectivity index (χ3v) is 1.68. The van der Waals surface area contributed by atoms with Gasteiger partial charge < -0.3 is 14.6 Å². The summed E-state index contributed by atoms with van der Waals surface area (Å²) >= 11 is 0. The average Bonchev–Trinajstić information content (AvgIpc) is 2.34. The van der Waals surface area contributed by atoms with Crippen molar-refractivity contribution in [3.63, 3.8) is 0 Å². The average molecular weight is 160 g/mol. The van der Waals surface area contributed by atoms with Gasteiger partial charge in [0, 0.05) is 0 Å². The molecule has 1 N–H and O–H groups in total. The quantitative estimate of drug-likeness (QED) is 0.599. The van der Waals surface area contributed by atoms with Crippen molar-refractivity contribution in [2.45, 2.75) is 26.1 Å². The Bertz CT molecular complexity index is 155. The number of hydrogen-bond acceptors (Lipinski definition) is 4. The van der Waals surface area contributed by atoms with Crippen LogP contribution in [0.15, 0.2) is 0 Å². The predicted octanol–water partition coefficient (Wildman–Crippen LogP) is 0.539. The highest BCUT2D eigenvalue weighted by molar-refractivity contribution is 5.61. The fourth-order valence-corrected chi connectivity index (χ4v) is 0.939. The fraction of sp³-hybridized carbons (Fsp3) is 0.857. The van der Waals surface area contributed by atoms with Crippen LogP contribution in [0.25, 0.3) is 0 Å². The van der Waals surface area contributed by atoms with Gasteiger partial charge in [-0.05, 0) is 5.92 Å². The van der Waals surface area contributed by atoms with Gasteiger partial charge in [0.1, 0.15) is 6.61 Å². The largest absolute Gasteiger partial charge is 0.508 e. The zero-order valence-electron chi connectivity index (χ0n) is 6.61. The lowest BCUT2D eigenvalue weighted by molar-refractivity contribution is 0.00596. The maximum Gasteiger partial charge on any atom is 0.508 e. The van der Waals surface area contributed by atoms with E-state index in [0.717, 1.165) is 0 Å². The van der Waals surface area contributed by atoms with Crippen LogP contribution >= 0.6 is 0 Å². The van der Waals surface area contributed by atoms with Crippen LogP contribution in [-0.2, 0) is 9.47 Å². The molecule has 0 aromatic carbocycles. The summed E-state index contributed by atoms with van der Waals surface area (Å²) in [6.45, 7) is 3.88. The van der Waals surface area contributed by atoms with Crippen molar-refractivity contribution in [2.75, 3.05) is 6.61 Å². The van der Waals surface area contributed by atoms with Crippen molar-refractivity contribution < 1.29 is 19.4 Å². The van der Waals surface area contributed by atoms with Gasteiger partial charge >= 0.3 is 6.16 Å². The number of carbonyl (C=O) groups is 1. The Kier molecular flexibility index (Phi) is 2.34. The van der Waals surface area contributed by atoms with Crippen LogP contribution < -0.4 is 0 Å². The summed E-state index contributed by atoms with van der Waals surface area (Å²) in [7, 11) is 0. The van der Waals surface area contributed by atoms with Crippen molar-refractivity contribution in [2.24, 2.45) is 5.92 Å². The van der Waals surface area contributed by atoms with E-state index in [0.29, 0.717) is 0 Å². The first-order chi connectivity index (χ1) is 5.11. The maximum absolute atomic E-state index is 10.4. The van der Waals surface area contributed by atoms with E-state index < -0.39 is 18.4 Å². The van der Waals surface area contributed by atoms with Gasteiger partial charge in [0.25, 0.3) is 0 Å². The zero-order chi connectivity index (χ0) is 8.43. The fourth-order valence-electron chi connectivity index (χ4n) is 0.939. The van der Waals surface area contributed by atoms with Crippen LogP contribution in [-0.4, -0.2) is 30.1 Å².